The maximum atomic E-state index is 12.6. The number of benzene rings is 2. The van der Waals surface area contributed by atoms with Gasteiger partial charge in [0.05, 0.1) is 0 Å². The van der Waals surface area contributed by atoms with Crippen LogP contribution < -0.4 is 15.7 Å². The molecule has 3 aromatic rings. The van der Waals surface area contributed by atoms with Crippen LogP contribution in [0.15, 0.2) is 57.7 Å². The van der Waals surface area contributed by atoms with Crippen LogP contribution in [-0.2, 0) is 16.0 Å². The highest BCUT2D eigenvalue weighted by Crippen LogP contribution is 2.29. The van der Waals surface area contributed by atoms with Gasteiger partial charge in [0.15, 0.2) is 12.1 Å². The highest BCUT2D eigenvalue weighted by molar-refractivity contribution is 5.88. The Kier molecular flexibility index (Phi) is 6.74. The van der Waals surface area contributed by atoms with Crippen LogP contribution in [0, 0.1) is 6.92 Å². The number of hydrogen-bond donors (Lipinski definition) is 2. The molecule has 0 unspecified atom stereocenters. The summed E-state index contributed by atoms with van der Waals surface area (Å²) in [4.78, 5) is 36.2. The fraction of sp³-hybridized carbons (Fsp3) is 0.292. The smallest absolute Gasteiger partial charge is 0.336 e. The quantitative estimate of drug-likeness (QED) is 0.535. The molecule has 0 fully saturated rings. The summed E-state index contributed by atoms with van der Waals surface area (Å²) in [6.45, 7) is 5.32. The van der Waals surface area contributed by atoms with E-state index in [4.69, 9.17) is 9.15 Å². The summed E-state index contributed by atoms with van der Waals surface area (Å²) in [5, 5.41) is 12.8. The van der Waals surface area contributed by atoms with E-state index in [1.807, 2.05) is 6.92 Å². The van der Waals surface area contributed by atoms with Crippen LogP contribution >= 0.6 is 0 Å². The number of carbonyl (C=O) groups is 2. The van der Waals surface area contributed by atoms with Crippen LogP contribution in [0.1, 0.15) is 43.0 Å². The van der Waals surface area contributed by atoms with Crippen LogP contribution in [0.5, 0.6) is 5.75 Å². The summed E-state index contributed by atoms with van der Waals surface area (Å²) >= 11 is 0. The summed E-state index contributed by atoms with van der Waals surface area (Å²) in [6, 6.07) is 12.3. The van der Waals surface area contributed by atoms with Crippen LogP contribution in [0.25, 0.3) is 11.0 Å². The van der Waals surface area contributed by atoms with E-state index in [1.165, 1.54) is 13.0 Å². The number of carboxylic acids is 1. The van der Waals surface area contributed by atoms with Gasteiger partial charge in [0.25, 0.3) is 5.91 Å². The third-order valence-electron chi connectivity index (χ3n) is 5.06. The first-order valence-corrected chi connectivity index (χ1v) is 10.1. The molecule has 7 nitrogen and oxygen atoms in total. The zero-order chi connectivity index (χ0) is 22.5. The minimum atomic E-state index is -1.19. The van der Waals surface area contributed by atoms with Gasteiger partial charge in [0.1, 0.15) is 11.3 Å². The minimum Gasteiger partial charge on any atom is -0.480 e. The molecule has 0 aliphatic carbocycles. The molecule has 162 valence electrons. The fourth-order valence-electron chi connectivity index (χ4n) is 3.45. The number of ether oxygens (including phenoxy) is 1. The molecule has 0 saturated heterocycles. The van der Waals surface area contributed by atoms with E-state index >= 15 is 0 Å². The standard InChI is InChI=1S/C24H25NO6/c1-4-8-17-13-20(26)31-22-14(2)19(12-11-18(17)22)30-15(3)23(27)25-21(24(28)29)16-9-6-5-7-10-16/h5-7,9-13,15,21H,4,8H2,1-3H3,(H,25,27)(H,28,29)/t15-,21-/m0/s1. The Morgan fingerprint density at radius 2 is 1.87 bits per heavy atom. The zero-order valence-corrected chi connectivity index (χ0v) is 17.7. The molecule has 7 heteroatoms. The maximum Gasteiger partial charge on any atom is 0.336 e. The maximum absolute atomic E-state index is 12.6. The van der Waals surface area contributed by atoms with Crippen molar-refractivity contribution in [2.24, 2.45) is 0 Å². The van der Waals surface area contributed by atoms with E-state index < -0.39 is 29.6 Å². The second kappa shape index (κ2) is 9.47. The second-order valence-corrected chi connectivity index (χ2v) is 7.36. The summed E-state index contributed by atoms with van der Waals surface area (Å²) in [7, 11) is 0. The lowest BCUT2D eigenvalue weighted by molar-refractivity contribution is -0.143. The first-order valence-electron chi connectivity index (χ1n) is 10.1. The number of hydrogen-bond acceptors (Lipinski definition) is 5. The predicted octanol–water partition coefficient (Wildman–Crippen LogP) is 3.76. The van der Waals surface area contributed by atoms with E-state index in [0.717, 1.165) is 23.8 Å². The van der Waals surface area contributed by atoms with E-state index in [-0.39, 0.29) is 0 Å². The van der Waals surface area contributed by atoms with Gasteiger partial charge in [-0.15, -0.1) is 0 Å². The topological polar surface area (TPSA) is 106 Å². The number of amides is 1. The minimum absolute atomic E-state index is 0.388. The number of carbonyl (C=O) groups excluding carboxylic acids is 1. The molecular weight excluding hydrogens is 398 g/mol. The van der Waals surface area contributed by atoms with E-state index in [9.17, 15) is 19.5 Å². The van der Waals surface area contributed by atoms with Gasteiger partial charge in [-0.05, 0) is 43.5 Å². The third kappa shape index (κ3) is 4.94. The van der Waals surface area contributed by atoms with Gasteiger partial charge < -0.3 is 19.6 Å². The highest BCUT2D eigenvalue weighted by Gasteiger charge is 2.26. The van der Waals surface area contributed by atoms with Gasteiger partial charge in [-0.25, -0.2) is 9.59 Å². The molecule has 1 heterocycles. The van der Waals surface area contributed by atoms with Gasteiger partial charge in [0, 0.05) is 17.0 Å². The number of aryl methyl sites for hydroxylation is 2. The van der Waals surface area contributed by atoms with Crippen LogP contribution in [0.4, 0.5) is 0 Å². The van der Waals surface area contributed by atoms with Crippen molar-refractivity contribution in [2.45, 2.75) is 45.8 Å². The number of rotatable bonds is 8. The lowest BCUT2D eigenvalue weighted by Gasteiger charge is -2.20. The molecule has 31 heavy (non-hydrogen) atoms. The van der Waals surface area contributed by atoms with Crippen molar-refractivity contribution in [3.8, 4) is 5.75 Å². The highest BCUT2D eigenvalue weighted by atomic mass is 16.5. The van der Waals surface area contributed by atoms with Gasteiger partial charge >= 0.3 is 11.6 Å². The summed E-state index contributed by atoms with van der Waals surface area (Å²) in [6.07, 6.45) is 0.669. The van der Waals surface area contributed by atoms with E-state index in [1.54, 1.807) is 49.4 Å². The molecule has 0 radical (unpaired) electrons. The molecule has 0 saturated carbocycles. The Bertz CT molecular complexity index is 1150. The Morgan fingerprint density at radius 3 is 2.52 bits per heavy atom. The molecule has 2 atom stereocenters. The van der Waals surface area contributed by atoms with Crippen LogP contribution in [0.2, 0.25) is 0 Å². The van der Waals surface area contributed by atoms with Crippen molar-refractivity contribution in [3.05, 3.63) is 75.6 Å². The van der Waals surface area contributed by atoms with Gasteiger partial charge in [-0.2, -0.15) is 0 Å². The number of nitrogens with one attached hydrogen (secondary N) is 1. The van der Waals surface area contributed by atoms with E-state index in [0.29, 0.717) is 22.5 Å². The van der Waals surface area contributed by atoms with Gasteiger partial charge in [-0.1, -0.05) is 43.7 Å². The first kappa shape index (κ1) is 22.1. The molecule has 2 aromatic carbocycles. The number of aliphatic carboxylic acids is 1. The Balaban J connectivity index is 1.83. The van der Waals surface area contributed by atoms with Crippen molar-refractivity contribution in [2.75, 3.05) is 0 Å². The van der Waals surface area contributed by atoms with Crippen molar-refractivity contribution in [3.63, 3.8) is 0 Å². The van der Waals surface area contributed by atoms with Crippen LogP contribution in [-0.4, -0.2) is 23.1 Å². The fourth-order valence-corrected chi connectivity index (χ4v) is 3.45. The van der Waals surface area contributed by atoms with Crippen molar-refractivity contribution in [1.82, 2.24) is 5.32 Å². The molecule has 2 N–H and O–H groups in total. The zero-order valence-electron chi connectivity index (χ0n) is 17.7. The Hall–Kier alpha value is -3.61. The monoisotopic (exact) mass is 423 g/mol. The average molecular weight is 423 g/mol. The molecule has 1 amide bonds. The molecule has 1 aromatic heterocycles. The summed E-state index contributed by atoms with van der Waals surface area (Å²) in [5.41, 5.74) is 1.96. The first-order chi connectivity index (χ1) is 14.8. The van der Waals surface area contributed by atoms with Crippen molar-refractivity contribution < 1.29 is 23.8 Å². The lowest BCUT2D eigenvalue weighted by Crippen LogP contribution is -2.41. The van der Waals surface area contributed by atoms with Crippen molar-refractivity contribution >= 4 is 22.8 Å². The summed E-state index contributed by atoms with van der Waals surface area (Å²) < 4.78 is 11.2. The summed E-state index contributed by atoms with van der Waals surface area (Å²) in [5.74, 6) is -1.35. The van der Waals surface area contributed by atoms with Gasteiger partial charge in [0.2, 0.25) is 0 Å². The third-order valence-corrected chi connectivity index (χ3v) is 5.06. The predicted molar refractivity (Wildman–Crippen MR) is 116 cm³/mol. The molecule has 3 rings (SSSR count). The van der Waals surface area contributed by atoms with Crippen LogP contribution in [0.3, 0.4) is 0 Å². The van der Waals surface area contributed by atoms with E-state index in [2.05, 4.69) is 5.32 Å². The molecule has 0 aliphatic rings. The lowest BCUT2D eigenvalue weighted by atomic mass is 10.0. The number of carboxylic acid groups (broad SMARTS) is 1. The average Bonchev–Trinajstić information content (AvgIpc) is 2.74. The molecular formula is C24H25NO6. The Labute approximate surface area is 179 Å². The molecule has 0 bridgehead atoms. The molecule has 0 aliphatic heterocycles. The number of fused-ring (bicyclic) bond motifs is 1. The largest absolute Gasteiger partial charge is 0.480 e. The van der Waals surface area contributed by atoms with Gasteiger partial charge in [-0.3, -0.25) is 4.79 Å². The Morgan fingerprint density at radius 1 is 1.16 bits per heavy atom. The SMILES string of the molecule is CCCc1cc(=O)oc2c(C)c(O[C@@H](C)C(=O)N[C@H](C(=O)O)c3ccccc3)ccc12. The molecule has 0 spiro atoms. The normalized spacial score (nSPS) is 12.9. The second-order valence-electron chi connectivity index (χ2n) is 7.36. The van der Waals surface area contributed by atoms with Crippen molar-refractivity contribution in [1.29, 1.82) is 0 Å².